The second-order valence-electron chi connectivity index (χ2n) is 7.19. The highest BCUT2D eigenvalue weighted by molar-refractivity contribution is 5.83. The smallest absolute Gasteiger partial charge is 0.241 e. The van der Waals surface area contributed by atoms with Crippen LogP contribution in [0.1, 0.15) is 33.9 Å². The van der Waals surface area contributed by atoms with Gasteiger partial charge in [0.15, 0.2) is 0 Å². The highest BCUT2D eigenvalue weighted by atomic mass is 16.2. The summed E-state index contributed by atoms with van der Waals surface area (Å²) < 4.78 is 0. The molecular weight excluding hydrogens is 360 g/mol. The fraction of sp³-hybridized carbons (Fsp3) is 0.292. The Bertz CT molecular complexity index is 913. The molecule has 29 heavy (non-hydrogen) atoms. The zero-order chi connectivity index (χ0) is 20.5. The van der Waals surface area contributed by atoms with Crippen LogP contribution in [0.4, 0.5) is 0 Å². The van der Waals surface area contributed by atoms with Gasteiger partial charge in [-0.25, -0.2) is 0 Å². The number of aromatic nitrogens is 2. The maximum absolute atomic E-state index is 13.0. The number of hydrogen-bond acceptors (Lipinski definition) is 4. The molecule has 0 saturated heterocycles. The molecule has 1 amide bonds. The maximum atomic E-state index is 13.0. The largest absolute Gasteiger partial charge is 0.354 e. The number of amides is 1. The van der Waals surface area contributed by atoms with E-state index in [9.17, 15) is 4.79 Å². The first-order valence-electron chi connectivity index (χ1n) is 10.00. The molecule has 1 aromatic carbocycles. The van der Waals surface area contributed by atoms with Gasteiger partial charge in [0.05, 0.1) is 0 Å². The fourth-order valence-electron chi connectivity index (χ4n) is 3.32. The summed E-state index contributed by atoms with van der Waals surface area (Å²) in [5.74, 6) is -0.00576. The summed E-state index contributed by atoms with van der Waals surface area (Å²) >= 11 is 0. The molecule has 0 aliphatic heterocycles. The van der Waals surface area contributed by atoms with Crippen molar-refractivity contribution in [1.82, 2.24) is 20.6 Å². The first-order chi connectivity index (χ1) is 14.1. The van der Waals surface area contributed by atoms with E-state index >= 15 is 0 Å². The summed E-state index contributed by atoms with van der Waals surface area (Å²) in [6.45, 7) is 5.42. The number of pyridine rings is 2. The third kappa shape index (κ3) is 5.96. The van der Waals surface area contributed by atoms with Crippen LogP contribution >= 0.6 is 0 Å². The molecule has 2 N–H and O–H groups in total. The molecule has 5 heteroatoms. The third-order valence-electron chi connectivity index (χ3n) is 5.14. The molecule has 0 saturated carbocycles. The normalized spacial score (nSPS) is 11.8. The number of carbonyl (C=O) groups is 1. The molecule has 5 nitrogen and oxygen atoms in total. The van der Waals surface area contributed by atoms with Gasteiger partial charge >= 0.3 is 0 Å². The second-order valence-corrected chi connectivity index (χ2v) is 7.19. The molecule has 0 aliphatic carbocycles. The summed E-state index contributed by atoms with van der Waals surface area (Å²) in [5, 5.41) is 6.53. The van der Waals surface area contributed by atoms with E-state index in [4.69, 9.17) is 0 Å². The number of carbonyl (C=O) groups excluding carboxylic acids is 1. The minimum atomic E-state index is -0.388. The highest BCUT2D eigenvalue weighted by Crippen LogP contribution is 2.21. The van der Waals surface area contributed by atoms with Gasteiger partial charge in [-0.1, -0.05) is 30.3 Å². The van der Waals surface area contributed by atoms with Crippen molar-refractivity contribution in [2.24, 2.45) is 0 Å². The lowest BCUT2D eigenvalue weighted by molar-refractivity contribution is -0.123. The number of nitrogens with one attached hydrogen (secondary N) is 2. The topological polar surface area (TPSA) is 66.9 Å². The lowest BCUT2D eigenvalue weighted by Crippen LogP contribution is -2.39. The van der Waals surface area contributed by atoms with Gasteiger partial charge in [-0.15, -0.1) is 0 Å². The van der Waals surface area contributed by atoms with Crippen LogP contribution in [0.15, 0.2) is 67.3 Å². The minimum Gasteiger partial charge on any atom is -0.354 e. The fourth-order valence-corrected chi connectivity index (χ4v) is 3.32. The van der Waals surface area contributed by atoms with Gasteiger partial charge in [0.2, 0.25) is 5.91 Å². The summed E-state index contributed by atoms with van der Waals surface area (Å²) in [5.41, 5.74) is 5.62. The van der Waals surface area contributed by atoms with Crippen LogP contribution < -0.4 is 10.6 Å². The molecule has 0 bridgehead atoms. The first kappa shape index (κ1) is 20.7. The Balaban J connectivity index is 1.66. The quantitative estimate of drug-likeness (QED) is 0.590. The maximum Gasteiger partial charge on any atom is 0.241 e. The van der Waals surface area contributed by atoms with Crippen LogP contribution in [0.5, 0.6) is 0 Å². The van der Waals surface area contributed by atoms with Gasteiger partial charge in [-0.05, 0) is 66.6 Å². The van der Waals surface area contributed by atoms with Crippen molar-refractivity contribution in [2.75, 3.05) is 13.1 Å². The number of nitrogens with zero attached hydrogens (tertiary/aromatic N) is 2. The van der Waals surface area contributed by atoms with Gasteiger partial charge in [0, 0.05) is 37.9 Å². The lowest BCUT2D eigenvalue weighted by atomic mass is 9.96. The molecule has 3 rings (SSSR count). The van der Waals surface area contributed by atoms with Crippen LogP contribution in [0.3, 0.4) is 0 Å². The highest BCUT2D eigenvalue weighted by Gasteiger charge is 2.22. The van der Waals surface area contributed by atoms with E-state index in [0.717, 1.165) is 35.1 Å². The molecule has 3 aromatic rings. The van der Waals surface area contributed by atoms with Crippen molar-refractivity contribution in [3.63, 3.8) is 0 Å². The SMILES string of the molecule is Cc1cccc(C(NCCc2cccnc2)C(=O)NCCc2cccnc2)c1C. The molecule has 1 unspecified atom stereocenters. The first-order valence-corrected chi connectivity index (χ1v) is 10.00. The number of aryl methyl sites for hydroxylation is 1. The van der Waals surface area contributed by atoms with Gasteiger partial charge in [-0.2, -0.15) is 0 Å². The molecule has 150 valence electrons. The Morgan fingerprint density at radius 3 is 2.17 bits per heavy atom. The zero-order valence-corrected chi connectivity index (χ0v) is 17.1. The Labute approximate surface area is 172 Å². The Morgan fingerprint density at radius 2 is 1.55 bits per heavy atom. The van der Waals surface area contributed by atoms with E-state index in [0.29, 0.717) is 13.1 Å². The monoisotopic (exact) mass is 388 g/mol. The van der Waals surface area contributed by atoms with Gasteiger partial charge in [0.25, 0.3) is 0 Å². The van der Waals surface area contributed by atoms with Crippen LogP contribution in [-0.2, 0) is 17.6 Å². The average molecular weight is 389 g/mol. The van der Waals surface area contributed by atoms with Gasteiger partial charge in [0.1, 0.15) is 6.04 Å². The number of hydrogen-bond donors (Lipinski definition) is 2. The van der Waals surface area contributed by atoms with E-state index in [1.54, 1.807) is 12.4 Å². The van der Waals surface area contributed by atoms with E-state index in [1.807, 2.05) is 42.7 Å². The van der Waals surface area contributed by atoms with Crippen LogP contribution in [0, 0.1) is 13.8 Å². The van der Waals surface area contributed by atoms with Crippen LogP contribution in [0.25, 0.3) is 0 Å². The Morgan fingerprint density at radius 1 is 0.897 bits per heavy atom. The minimum absolute atomic E-state index is 0.00576. The van der Waals surface area contributed by atoms with Crippen molar-refractivity contribution in [3.05, 3.63) is 95.1 Å². The second kappa shape index (κ2) is 10.5. The van der Waals surface area contributed by atoms with Crippen molar-refractivity contribution >= 4 is 5.91 Å². The van der Waals surface area contributed by atoms with Crippen molar-refractivity contribution in [2.45, 2.75) is 32.7 Å². The molecule has 0 radical (unpaired) electrons. The summed E-state index contributed by atoms with van der Waals surface area (Å²) in [4.78, 5) is 21.3. The van der Waals surface area contributed by atoms with Crippen molar-refractivity contribution < 1.29 is 4.79 Å². The van der Waals surface area contributed by atoms with E-state index in [2.05, 4.69) is 46.6 Å². The predicted molar refractivity (Wildman–Crippen MR) is 116 cm³/mol. The van der Waals surface area contributed by atoms with E-state index in [-0.39, 0.29) is 11.9 Å². The van der Waals surface area contributed by atoms with E-state index in [1.165, 1.54) is 5.56 Å². The average Bonchev–Trinajstić information content (AvgIpc) is 2.75. The van der Waals surface area contributed by atoms with Gasteiger partial charge in [-0.3, -0.25) is 14.8 Å². The lowest BCUT2D eigenvalue weighted by Gasteiger charge is -2.21. The Kier molecular flexibility index (Phi) is 7.47. The van der Waals surface area contributed by atoms with Crippen LogP contribution in [0.2, 0.25) is 0 Å². The summed E-state index contributed by atoms with van der Waals surface area (Å²) in [6.07, 6.45) is 8.80. The molecular formula is C24H28N4O. The van der Waals surface area contributed by atoms with Crippen LogP contribution in [-0.4, -0.2) is 29.0 Å². The van der Waals surface area contributed by atoms with Gasteiger partial charge < -0.3 is 10.6 Å². The third-order valence-corrected chi connectivity index (χ3v) is 5.14. The Hall–Kier alpha value is -3.05. The standard InChI is InChI=1S/C24H28N4O/c1-18-6-3-9-22(19(18)2)23(27-14-10-20-7-4-12-25-16-20)24(29)28-15-11-21-8-5-13-26-17-21/h3-9,12-13,16-17,23,27H,10-11,14-15H2,1-2H3,(H,28,29). The molecule has 1 atom stereocenters. The number of benzene rings is 1. The number of rotatable bonds is 9. The molecule has 0 spiro atoms. The van der Waals surface area contributed by atoms with E-state index < -0.39 is 0 Å². The predicted octanol–water partition coefficient (Wildman–Crippen LogP) is 3.33. The summed E-state index contributed by atoms with van der Waals surface area (Å²) in [7, 11) is 0. The molecule has 0 fully saturated rings. The van der Waals surface area contributed by atoms with Crippen molar-refractivity contribution in [1.29, 1.82) is 0 Å². The molecule has 2 aromatic heterocycles. The van der Waals surface area contributed by atoms with Crippen molar-refractivity contribution in [3.8, 4) is 0 Å². The molecule has 0 aliphatic rings. The molecule has 2 heterocycles. The summed E-state index contributed by atoms with van der Waals surface area (Å²) in [6, 6.07) is 13.6. The zero-order valence-electron chi connectivity index (χ0n) is 17.1.